The second-order valence-electron chi connectivity index (χ2n) is 6.13. The van der Waals surface area contributed by atoms with Crippen molar-refractivity contribution >= 4 is 23.7 Å². The summed E-state index contributed by atoms with van der Waals surface area (Å²) >= 11 is 0. The molecule has 3 heterocycles. The van der Waals surface area contributed by atoms with Crippen LogP contribution in [0.4, 0.5) is 4.79 Å². The molecule has 3 aliphatic heterocycles. The number of likely N-dealkylation sites (N-methyl/N-ethyl adjacent to an activating group) is 1. The average molecular weight is 353 g/mol. The Kier molecular flexibility index (Phi) is 5.19. The molecule has 10 nitrogen and oxygen atoms in total. The van der Waals surface area contributed by atoms with Crippen molar-refractivity contribution in [1.29, 1.82) is 0 Å². The van der Waals surface area contributed by atoms with Gasteiger partial charge >= 0.3 is 12.0 Å². The fourth-order valence-corrected chi connectivity index (χ4v) is 3.21. The molecule has 3 amide bonds. The lowest BCUT2D eigenvalue weighted by Crippen LogP contribution is -2.64. The van der Waals surface area contributed by atoms with E-state index in [0.29, 0.717) is 25.6 Å². The Morgan fingerprint density at radius 1 is 1.36 bits per heavy atom. The predicted molar refractivity (Wildman–Crippen MR) is 86.9 cm³/mol. The van der Waals surface area contributed by atoms with Crippen molar-refractivity contribution in [2.24, 2.45) is 4.99 Å². The zero-order valence-corrected chi connectivity index (χ0v) is 14.4. The van der Waals surface area contributed by atoms with Crippen LogP contribution in [0.1, 0.15) is 6.92 Å². The molecule has 0 bridgehead atoms. The molecule has 0 saturated carbocycles. The summed E-state index contributed by atoms with van der Waals surface area (Å²) in [5, 5.41) is 2.31. The van der Waals surface area contributed by atoms with Crippen LogP contribution in [-0.2, 0) is 19.1 Å². The number of fused-ring (bicyclic) bond motifs is 1. The van der Waals surface area contributed by atoms with Gasteiger partial charge in [-0.15, -0.1) is 0 Å². The van der Waals surface area contributed by atoms with Crippen molar-refractivity contribution in [2.75, 3.05) is 53.0 Å². The number of ether oxygens (including phenoxy) is 2. The topological polar surface area (TPSA) is 104 Å². The molecule has 138 valence electrons. The van der Waals surface area contributed by atoms with Gasteiger partial charge in [0.1, 0.15) is 12.4 Å². The quantitative estimate of drug-likeness (QED) is 0.598. The number of imide groups is 1. The van der Waals surface area contributed by atoms with Crippen molar-refractivity contribution in [3.8, 4) is 0 Å². The van der Waals surface area contributed by atoms with Crippen LogP contribution < -0.4 is 5.32 Å². The van der Waals surface area contributed by atoms with Crippen LogP contribution >= 0.6 is 0 Å². The second-order valence-corrected chi connectivity index (χ2v) is 6.13. The van der Waals surface area contributed by atoms with Crippen molar-refractivity contribution in [2.45, 2.75) is 19.1 Å². The molecule has 2 atom stereocenters. The summed E-state index contributed by atoms with van der Waals surface area (Å²) in [6, 6.07) is -1.21. The smallest absolute Gasteiger partial charge is 0.325 e. The maximum absolute atomic E-state index is 12.4. The van der Waals surface area contributed by atoms with Crippen LogP contribution in [0.25, 0.3) is 0 Å². The molecule has 0 aromatic carbocycles. The van der Waals surface area contributed by atoms with Crippen LogP contribution in [-0.4, -0.2) is 104 Å². The first-order valence-corrected chi connectivity index (χ1v) is 8.38. The number of urea groups is 1. The van der Waals surface area contributed by atoms with Crippen molar-refractivity contribution in [3.63, 3.8) is 0 Å². The molecule has 10 heteroatoms. The minimum absolute atomic E-state index is 0.0758. The van der Waals surface area contributed by atoms with Gasteiger partial charge < -0.3 is 19.3 Å². The first-order chi connectivity index (χ1) is 12.0. The summed E-state index contributed by atoms with van der Waals surface area (Å²) < 4.78 is 10.4. The third kappa shape index (κ3) is 3.59. The Hall–Kier alpha value is -2.20. The number of aliphatic imine (C=N–C) groups is 1. The number of amides is 3. The molecule has 1 N–H and O–H groups in total. The number of amidine groups is 1. The number of hydrogen-bond donors (Lipinski definition) is 1. The average Bonchev–Trinajstić information content (AvgIpc) is 2.93. The molecule has 0 spiro atoms. The van der Waals surface area contributed by atoms with E-state index >= 15 is 0 Å². The summed E-state index contributed by atoms with van der Waals surface area (Å²) in [5.41, 5.74) is 0. The van der Waals surface area contributed by atoms with E-state index in [2.05, 4.69) is 15.2 Å². The van der Waals surface area contributed by atoms with E-state index < -0.39 is 30.1 Å². The summed E-state index contributed by atoms with van der Waals surface area (Å²) in [4.78, 5) is 46.0. The van der Waals surface area contributed by atoms with E-state index in [0.717, 1.165) is 13.1 Å². The van der Waals surface area contributed by atoms with Gasteiger partial charge in [-0.1, -0.05) is 0 Å². The Morgan fingerprint density at radius 2 is 2.08 bits per heavy atom. The maximum Gasteiger partial charge on any atom is 0.325 e. The molecule has 0 aromatic heterocycles. The Bertz CT molecular complexity index is 589. The number of carbonyl (C=O) groups excluding carboxylic acids is 3. The van der Waals surface area contributed by atoms with Crippen LogP contribution in [0.15, 0.2) is 4.99 Å². The van der Waals surface area contributed by atoms with E-state index in [-0.39, 0.29) is 13.2 Å². The van der Waals surface area contributed by atoms with Crippen LogP contribution in [0.5, 0.6) is 0 Å². The summed E-state index contributed by atoms with van der Waals surface area (Å²) in [6.45, 7) is 5.19. The SMILES string of the molecule is CCOC(=O)CN1C(CN2CCOCC2)=NC2C1C(=O)NC(=O)N2C. The first-order valence-electron chi connectivity index (χ1n) is 8.38. The lowest BCUT2D eigenvalue weighted by Gasteiger charge is -2.36. The molecular weight excluding hydrogens is 330 g/mol. The van der Waals surface area contributed by atoms with Gasteiger partial charge in [0.25, 0.3) is 5.91 Å². The van der Waals surface area contributed by atoms with Gasteiger partial charge in [-0.3, -0.25) is 19.8 Å². The number of nitrogens with one attached hydrogen (secondary N) is 1. The molecule has 3 aliphatic rings. The molecule has 0 aliphatic carbocycles. The lowest BCUT2D eigenvalue weighted by molar-refractivity contribution is -0.144. The number of carbonyl (C=O) groups is 3. The molecule has 0 radical (unpaired) electrons. The third-order valence-electron chi connectivity index (χ3n) is 4.52. The van der Waals surface area contributed by atoms with Gasteiger partial charge in [-0.2, -0.15) is 0 Å². The van der Waals surface area contributed by atoms with Gasteiger partial charge in [0, 0.05) is 20.1 Å². The number of morpholine rings is 1. The minimum Gasteiger partial charge on any atom is -0.465 e. The minimum atomic E-state index is -0.719. The highest BCUT2D eigenvalue weighted by Gasteiger charge is 2.49. The zero-order valence-electron chi connectivity index (χ0n) is 14.4. The fraction of sp³-hybridized carbons (Fsp3) is 0.733. The van der Waals surface area contributed by atoms with E-state index in [1.807, 2.05) is 0 Å². The summed E-state index contributed by atoms with van der Waals surface area (Å²) in [5.74, 6) is -0.259. The lowest BCUT2D eigenvalue weighted by atomic mass is 10.1. The van der Waals surface area contributed by atoms with Gasteiger partial charge in [-0.05, 0) is 6.92 Å². The molecule has 25 heavy (non-hydrogen) atoms. The van der Waals surface area contributed by atoms with E-state index in [1.165, 1.54) is 4.90 Å². The van der Waals surface area contributed by atoms with Crippen molar-refractivity contribution in [3.05, 3.63) is 0 Å². The predicted octanol–water partition coefficient (Wildman–Crippen LogP) is -1.53. The van der Waals surface area contributed by atoms with Gasteiger partial charge in [-0.25, -0.2) is 9.79 Å². The monoisotopic (exact) mass is 353 g/mol. The second kappa shape index (κ2) is 7.36. The van der Waals surface area contributed by atoms with Crippen LogP contribution in [0, 0.1) is 0 Å². The highest BCUT2D eigenvalue weighted by atomic mass is 16.5. The highest BCUT2D eigenvalue weighted by molar-refractivity contribution is 6.05. The fourth-order valence-electron chi connectivity index (χ4n) is 3.21. The van der Waals surface area contributed by atoms with E-state index in [1.54, 1.807) is 18.9 Å². The number of rotatable bonds is 5. The number of hydrogen-bond acceptors (Lipinski definition) is 8. The largest absolute Gasteiger partial charge is 0.465 e. The Labute approximate surface area is 145 Å². The Balaban J connectivity index is 1.81. The number of esters is 1. The molecular formula is C15H23N5O5. The zero-order chi connectivity index (χ0) is 18.0. The molecule has 2 unspecified atom stereocenters. The Morgan fingerprint density at radius 3 is 2.76 bits per heavy atom. The highest BCUT2D eigenvalue weighted by Crippen LogP contribution is 2.24. The van der Waals surface area contributed by atoms with Crippen LogP contribution in [0.3, 0.4) is 0 Å². The van der Waals surface area contributed by atoms with E-state index in [4.69, 9.17) is 9.47 Å². The first kappa shape index (κ1) is 17.6. The van der Waals surface area contributed by atoms with Gasteiger partial charge in [0.15, 0.2) is 12.2 Å². The third-order valence-corrected chi connectivity index (χ3v) is 4.52. The van der Waals surface area contributed by atoms with Crippen molar-refractivity contribution < 1.29 is 23.9 Å². The summed E-state index contributed by atoms with van der Waals surface area (Å²) in [7, 11) is 1.59. The molecule has 3 rings (SSSR count). The molecule has 2 saturated heterocycles. The molecule has 2 fully saturated rings. The molecule has 0 aromatic rings. The van der Waals surface area contributed by atoms with Gasteiger partial charge in [0.05, 0.1) is 26.4 Å². The maximum atomic E-state index is 12.4. The number of nitrogens with zero attached hydrogens (tertiary/aromatic N) is 4. The normalized spacial score (nSPS) is 27.0. The standard InChI is InChI=1S/C15H23N5O5/c1-3-25-11(21)9-20-10(8-19-4-6-24-7-5-19)16-13-12(20)14(22)17-15(23)18(13)2/h12-13H,3-9H2,1-2H3,(H,17,22,23). The van der Waals surface area contributed by atoms with Crippen molar-refractivity contribution in [1.82, 2.24) is 20.0 Å². The van der Waals surface area contributed by atoms with Gasteiger partial charge in [0.2, 0.25) is 0 Å². The van der Waals surface area contributed by atoms with Crippen LogP contribution in [0.2, 0.25) is 0 Å². The van der Waals surface area contributed by atoms with E-state index in [9.17, 15) is 14.4 Å². The summed E-state index contributed by atoms with van der Waals surface area (Å²) in [6.07, 6.45) is -0.633.